The minimum absolute atomic E-state index is 0.0119. The standard InChI is InChI=1S/C12H10ClF2N3O.C2H6/c1-2-9-12(16)18-10(5-17-9)19-11-7(13)3-6(14)4-8(11)15;1-2/h3-5H,2H2,1H3,(H2,16,18);1-2H3. The summed E-state index contributed by atoms with van der Waals surface area (Å²) < 4.78 is 31.5. The van der Waals surface area contributed by atoms with Crippen molar-refractivity contribution < 1.29 is 13.5 Å². The molecule has 2 rings (SSSR count). The van der Waals surface area contributed by atoms with Crippen LogP contribution >= 0.6 is 11.6 Å². The van der Waals surface area contributed by atoms with Crippen molar-refractivity contribution >= 4 is 17.4 Å². The Kier molecular flexibility index (Phi) is 6.30. The fraction of sp³-hybridized carbons (Fsp3) is 0.286. The van der Waals surface area contributed by atoms with Gasteiger partial charge < -0.3 is 10.5 Å². The van der Waals surface area contributed by atoms with E-state index in [2.05, 4.69) is 9.97 Å². The number of aromatic nitrogens is 2. The van der Waals surface area contributed by atoms with E-state index in [-0.39, 0.29) is 22.5 Å². The monoisotopic (exact) mass is 315 g/mol. The van der Waals surface area contributed by atoms with E-state index in [4.69, 9.17) is 22.1 Å². The predicted octanol–water partition coefficient (Wildman–Crippen LogP) is 4.37. The Balaban J connectivity index is 0.00000106. The van der Waals surface area contributed by atoms with Crippen LogP contribution < -0.4 is 10.5 Å². The number of hydrogen-bond acceptors (Lipinski definition) is 4. The molecule has 7 heteroatoms. The molecular weight excluding hydrogens is 300 g/mol. The van der Waals surface area contributed by atoms with E-state index in [1.807, 2.05) is 20.8 Å². The molecule has 2 N–H and O–H groups in total. The van der Waals surface area contributed by atoms with E-state index in [0.29, 0.717) is 18.2 Å². The highest BCUT2D eigenvalue weighted by molar-refractivity contribution is 6.32. The predicted molar refractivity (Wildman–Crippen MR) is 78.6 cm³/mol. The Morgan fingerprint density at radius 2 is 1.95 bits per heavy atom. The van der Waals surface area contributed by atoms with Gasteiger partial charge in [-0.05, 0) is 12.5 Å². The number of nitrogens with two attached hydrogens (primary N) is 1. The van der Waals surface area contributed by atoms with Gasteiger partial charge in [-0.2, -0.15) is 4.98 Å². The lowest BCUT2D eigenvalue weighted by Gasteiger charge is -2.09. The van der Waals surface area contributed by atoms with E-state index in [0.717, 1.165) is 6.07 Å². The quantitative estimate of drug-likeness (QED) is 0.913. The summed E-state index contributed by atoms with van der Waals surface area (Å²) in [7, 11) is 0. The lowest BCUT2D eigenvalue weighted by atomic mass is 10.3. The smallest absolute Gasteiger partial charge is 0.240 e. The zero-order valence-electron chi connectivity index (χ0n) is 12.0. The van der Waals surface area contributed by atoms with E-state index in [1.165, 1.54) is 6.20 Å². The van der Waals surface area contributed by atoms with Crippen LogP contribution in [-0.2, 0) is 6.42 Å². The minimum Gasteiger partial charge on any atom is -0.433 e. The molecule has 0 unspecified atom stereocenters. The Labute approximate surface area is 126 Å². The first-order chi connectivity index (χ1) is 10.0. The van der Waals surface area contributed by atoms with Crippen molar-refractivity contribution in [1.82, 2.24) is 9.97 Å². The molecule has 0 aliphatic carbocycles. The maximum Gasteiger partial charge on any atom is 0.240 e. The molecule has 4 nitrogen and oxygen atoms in total. The van der Waals surface area contributed by atoms with Crippen LogP contribution in [0.1, 0.15) is 26.5 Å². The van der Waals surface area contributed by atoms with Crippen LogP contribution in [0.15, 0.2) is 18.3 Å². The summed E-state index contributed by atoms with van der Waals surface area (Å²) in [5.74, 6) is -1.85. The van der Waals surface area contributed by atoms with Crippen molar-refractivity contribution in [3.63, 3.8) is 0 Å². The highest BCUT2D eigenvalue weighted by Crippen LogP contribution is 2.32. The largest absolute Gasteiger partial charge is 0.433 e. The summed E-state index contributed by atoms with van der Waals surface area (Å²) in [5.41, 5.74) is 6.25. The Bertz CT molecular complexity index is 600. The minimum atomic E-state index is -0.926. The number of anilines is 1. The Morgan fingerprint density at radius 1 is 1.29 bits per heavy atom. The van der Waals surface area contributed by atoms with Gasteiger partial charge in [0.1, 0.15) is 11.6 Å². The topological polar surface area (TPSA) is 61.0 Å². The summed E-state index contributed by atoms with van der Waals surface area (Å²) in [5, 5.41) is -0.197. The van der Waals surface area contributed by atoms with Gasteiger partial charge in [-0.1, -0.05) is 32.4 Å². The first kappa shape index (κ1) is 17.1. The maximum absolute atomic E-state index is 13.5. The fourth-order valence-electron chi connectivity index (χ4n) is 1.46. The molecule has 1 heterocycles. The van der Waals surface area contributed by atoms with Crippen molar-refractivity contribution in [2.75, 3.05) is 5.73 Å². The molecule has 1 aromatic heterocycles. The molecule has 1 aromatic carbocycles. The first-order valence-electron chi connectivity index (χ1n) is 6.45. The van der Waals surface area contributed by atoms with Gasteiger partial charge in [0.2, 0.25) is 5.88 Å². The molecule has 0 saturated heterocycles. The second-order valence-corrected chi connectivity index (χ2v) is 4.10. The Hall–Kier alpha value is -1.95. The molecule has 0 spiro atoms. The first-order valence-corrected chi connectivity index (χ1v) is 6.82. The van der Waals surface area contributed by atoms with Crippen molar-refractivity contribution in [1.29, 1.82) is 0 Å². The van der Waals surface area contributed by atoms with Crippen LogP contribution in [-0.4, -0.2) is 9.97 Å². The van der Waals surface area contributed by atoms with Crippen LogP contribution in [0, 0.1) is 11.6 Å². The second kappa shape index (κ2) is 7.73. The SMILES string of the molecule is CC.CCc1ncc(Oc2c(F)cc(F)cc2Cl)nc1N. The van der Waals surface area contributed by atoms with Gasteiger partial charge in [0, 0.05) is 6.07 Å². The van der Waals surface area contributed by atoms with Crippen LogP contribution in [0.25, 0.3) is 0 Å². The van der Waals surface area contributed by atoms with Crippen molar-refractivity contribution in [3.05, 3.63) is 40.7 Å². The molecule has 0 aliphatic heterocycles. The molecule has 21 heavy (non-hydrogen) atoms. The molecule has 2 aromatic rings. The maximum atomic E-state index is 13.5. The van der Waals surface area contributed by atoms with Gasteiger partial charge in [-0.3, -0.25) is 4.98 Å². The van der Waals surface area contributed by atoms with Crippen molar-refractivity contribution in [2.24, 2.45) is 0 Å². The van der Waals surface area contributed by atoms with Crippen LogP contribution in [0.5, 0.6) is 11.6 Å². The van der Waals surface area contributed by atoms with Gasteiger partial charge in [0.25, 0.3) is 0 Å². The summed E-state index contributed by atoms with van der Waals surface area (Å²) in [6.45, 7) is 5.87. The summed E-state index contributed by atoms with van der Waals surface area (Å²) in [6.07, 6.45) is 1.92. The number of hydrogen-bond donors (Lipinski definition) is 1. The average molecular weight is 316 g/mol. The Morgan fingerprint density at radius 3 is 2.48 bits per heavy atom. The summed E-state index contributed by atoms with van der Waals surface area (Å²) in [6, 6.07) is 1.61. The van der Waals surface area contributed by atoms with Crippen LogP contribution in [0.4, 0.5) is 14.6 Å². The van der Waals surface area contributed by atoms with Gasteiger partial charge in [0.15, 0.2) is 11.6 Å². The molecule has 0 atom stereocenters. The lowest BCUT2D eigenvalue weighted by Crippen LogP contribution is -2.02. The fourth-order valence-corrected chi connectivity index (χ4v) is 1.70. The van der Waals surface area contributed by atoms with E-state index < -0.39 is 11.6 Å². The van der Waals surface area contributed by atoms with Crippen molar-refractivity contribution in [3.8, 4) is 11.6 Å². The number of aryl methyl sites for hydroxylation is 1. The highest BCUT2D eigenvalue weighted by Gasteiger charge is 2.14. The molecule has 0 aliphatic rings. The van der Waals surface area contributed by atoms with Crippen LogP contribution in [0.3, 0.4) is 0 Å². The lowest BCUT2D eigenvalue weighted by molar-refractivity contribution is 0.422. The number of ether oxygens (including phenoxy) is 1. The molecule has 0 radical (unpaired) electrons. The number of benzene rings is 1. The third-order valence-electron chi connectivity index (χ3n) is 2.36. The molecule has 0 fully saturated rings. The summed E-state index contributed by atoms with van der Waals surface area (Å²) >= 11 is 5.70. The summed E-state index contributed by atoms with van der Waals surface area (Å²) in [4.78, 5) is 7.94. The third-order valence-corrected chi connectivity index (χ3v) is 2.64. The molecular formula is C14H16ClF2N3O. The average Bonchev–Trinajstić information content (AvgIpc) is 2.45. The van der Waals surface area contributed by atoms with Crippen molar-refractivity contribution in [2.45, 2.75) is 27.2 Å². The van der Waals surface area contributed by atoms with E-state index >= 15 is 0 Å². The van der Waals surface area contributed by atoms with Gasteiger partial charge in [0.05, 0.1) is 16.9 Å². The zero-order valence-corrected chi connectivity index (χ0v) is 12.7. The number of rotatable bonds is 3. The second-order valence-electron chi connectivity index (χ2n) is 3.69. The normalized spacial score (nSPS) is 9.81. The number of halogens is 3. The molecule has 114 valence electrons. The van der Waals surface area contributed by atoms with E-state index in [1.54, 1.807) is 0 Å². The third kappa shape index (κ3) is 4.26. The van der Waals surface area contributed by atoms with Crippen LogP contribution in [0.2, 0.25) is 5.02 Å². The van der Waals surface area contributed by atoms with Gasteiger partial charge in [-0.25, -0.2) is 8.78 Å². The zero-order chi connectivity index (χ0) is 16.0. The van der Waals surface area contributed by atoms with E-state index in [9.17, 15) is 8.78 Å². The van der Waals surface area contributed by atoms with Gasteiger partial charge >= 0.3 is 0 Å². The number of nitrogens with zero attached hydrogens (tertiary/aromatic N) is 2. The van der Waals surface area contributed by atoms with Gasteiger partial charge in [-0.15, -0.1) is 0 Å². The molecule has 0 amide bonds. The molecule has 0 saturated carbocycles. The molecule has 0 bridgehead atoms. The highest BCUT2D eigenvalue weighted by atomic mass is 35.5. The number of nitrogen functional groups attached to an aromatic ring is 1.